The fourth-order valence-electron chi connectivity index (χ4n) is 2.29. The number of alkyl halides is 3. The molecule has 0 unspecified atom stereocenters. The van der Waals surface area contributed by atoms with Gasteiger partial charge >= 0.3 is 6.18 Å². The van der Waals surface area contributed by atoms with Gasteiger partial charge in [0.15, 0.2) is 6.20 Å². The minimum absolute atomic E-state index is 0.624. The number of hydrogen-bond donors (Lipinski definition) is 0. The van der Waals surface area contributed by atoms with Crippen LogP contribution in [0.3, 0.4) is 0 Å². The summed E-state index contributed by atoms with van der Waals surface area (Å²) >= 11 is 1.45. The van der Waals surface area contributed by atoms with E-state index in [2.05, 4.69) is 0 Å². The van der Waals surface area contributed by atoms with Crippen LogP contribution in [0, 0.1) is 0 Å². The Balaban J connectivity index is 1.90. The van der Waals surface area contributed by atoms with E-state index in [1.165, 1.54) is 23.9 Å². The standard InChI is InChI=1S/C17H13F3NS/c1-21-11-15(10-12-4-2-3-5-16(12)21)22-14-8-6-13(7-9-14)17(18,19)20/h2-11H,1H3/q+1. The van der Waals surface area contributed by atoms with Crippen molar-refractivity contribution < 1.29 is 17.7 Å². The summed E-state index contributed by atoms with van der Waals surface area (Å²) in [5.41, 5.74) is 0.486. The molecule has 0 spiro atoms. The number of fused-ring (bicyclic) bond motifs is 1. The number of nitrogens with zero attached hydrogens (tertiary/aromatic N) is 1. The van der Waals surface area contributed by atoms with Crippen molar-refractivity contribution in [1.29, 1.82) is 0 Å². The normalized spacial score (nSPS) is 11.8. The molecule has 1 heterocycles. The molecule has 1 nitrogen and oxygen atoms in total. The van der Waals surface area contributed by atoms with Gasteiger partial charge in [-0.2, -0.15) is 17.7 Å². The summed E-state index contributed by atoms with van der Waals surface area (Å²) in [5.74, 6) is 0. The molecule has 0 saturated carbocycles. The van der Waals surface area contributed by atoms with Crippen LogP contribution in [0.5, 0.6) is 0 Å². The monoisotopic (exact) mass is 320 g/mol. The topological polar surface area (TPSA) is 3.88 Å². The molecule has 0 fully saturated rings. The Kier molecular flexibility index (Phi) is 3.83. The van der Waals surface area contributed by atoms with Crippen molar-refractivity contribution in [2.75, 3.05) is 0 Å². The molecule has 0 N–H and O–H groups in total. The summed E-state index contributed by atoms with van der Waals surface area (Å²) in [6.45, 7) is 0. The van der Waals surface area contributed by atoms with E-state index in [1.54, 1.807) is 0 Å². The van der Waals surface area contributed by atoms with E-state index in [-0.39, 0.29) is 0 Å². The summed E-state index contributed by atoms with van der Waals surface area (Å²) in [7, 11) is 1.96. The first kappa shape index (κ1) is 14.9. The summed E-state index contributed by atoms with van der Waals surface area (Å²) in [6.07, 6.45) is -2.32. The van der Waals surface area contributed by atoms with Gasteiger partial charge in [0.1, 0.15) is 7.05 Å². The fourth-order valence-corrected chi connectivity index (χ4v) is 3.23. The van der Waals surface area contributed by atoms with E-state index in [9.17, 15) is 13.2 Å². The Morgan fingerprint density at radius 1 is 0.909 bits per heavy atom. The van der Waals surface area contributed by atoms with Crippen molar-refractivity contribution in [2.24, 2.45) is 7.05 Å². The number of halogens is 3. The summed E-state index contributed by atoms with van der Waals surface area (Å²) in [5, 5.41) is 1.10. The van der Waals surface area contributed by atoms with Crippen molar-refractivity contribution in [3.63, 3.8) is 0 Å². The van der Waals surface area contributed by atoms with E-state index in [0.717, 1.165) is 32.8 Å². The first-order chi connectivity index (χ1) is 10.4. The van der Waals surface area contributed by atoms with Gasteiger partial charge in [0.25, 0.3) is 0 Å². The first-order valence-electron chi connectivity index (χ1n) is 6.67. The predicted molar refractivity (Wildman–Crippen MR) is 80.7 cm³/mol. The largest absolute Gasteiger partial charge is 0.416 e. The van der Waals surface area contributed by atoms with Crippen LogP contribution in [0.2, 0.25) is 0 Å². The SMILES string of the molecule is C[n+]1cc(Sc2ccc(C(F)(F)F)cc2)cc2ccccc21. The van der Waals surface area contributed by atoms with Gasteiger partial charge in [0.2, 0.25) is 5.52 Å². The number of benzene rings is 2. The van der Waals surface area contributed by atoms with E-state index < -0.39 is 11.7 Å². The van der Waals surface area contributed by atoms with Crippen molar-refractivity contribution >= 4 is 22.7 Å². The van der Waals surface area contributed by atoms with Gasteiger partial charge in [0, 0.05) is 16.3 Å². The van der Waals surface area contributed by atoms with E-state index in [4.69, 9.17) is 0 Å². The number of hydrogen-bond acceptors (Lipinski definition) is 1. The molecule has 0 saturated heterocycles. The van der Waals surface area contributed by atoms with Gasteiger partial charge < -0.3 is 0 Å². The van der Waals surface area contributed by atoms with Crippen LogP contribution >= 0.6 is 11.8 Å². The van der Waals surface area contributed by atoms with Gasteiger partial charge in [-0.1, -0.05) is 23.9 Å². The molecule has 2 aromatic carbocycles. The molecule has 1 aromatic heterocycles. The lowest BCUT2D eigenvalue weighted by molar-refractivity contribution is -0.646. The van der Waals surface area contributed by atoms with E-state index in [1.807, 2.05) is 48.1 Å². The minimum atomic E-state index is -4.29. The molecule has 0 bridgehead atoms. The first-order valence-corrected chi connectivity index (χ1v) is 7.49. The summed E-state index contributed by atoms with van der Waals surface area (Å²) in [4.78, 5) is 1.77. The van der Waals surface area contributed by atoms with Crippen molar-refractivity contribution in [1.82, 2.24) is 0 Å². The molecule has 0 aliphatic rings. The third-order valence-corrected chi connectivity index (χ3v) is 4.32. The average molecular weight is 320 g/mol. The lowest BCUT2D eigenvalue weighted by atomic mass is 10.2. The Hall–Kier alpha value is -2.01. The molecule has 0 amide bonds. The Bertz CT molecular complexity index is 810. The Morgan fingerprint density at radius 3 is 2.27 bits per heavy atom. The van der Waals surface area contributed by atoms with Crippen LogP contribution in [0.25, 0.3) is 10.9 Å². The Labute approximate surface area is 130 Å². The lowest BCUT2D eigenvalue weighted by Gasteiger charge is -2.07. The average Bonchev–Trinajstić information content (AvgIpc) is 2.47. The van der Waals surface area contributed by atoms with Crippen LogP contribution in [0.15, 0.2) is 70.6 Å². The third-order valence-electron chi connectivity index (χ3n) is 3.35. The van der Waals surface area contributed by atoms with Crippen LogP contribution in [-0.2, 0) is 13.2 Å². The molecule has 112 valence electrons. The molecule has 0 aliphatic carbocycles. The quantitative estimate of drug-likeness (QED) is 0.611. The lowest BCUT2D eigenvalue weighted by Crippen LogP contribution is -2.28. The second kappa shape index (κ2) is 5.65. The second-order valence-electron chi connectivity index (χ2n) is 4.97. The molecular formula is C17H13F3NS+. The third kappa shape index (κ3) is 3.09. The molecular weight excluding hydrogens is 307 g/mol. The van der Waals surface area contributed by atoms with E-state index >= 15 is 0 Å². The molecule has 0 atom stereocenters. The number of pyridine rings is 1. The number of aromatic nitrogens is 1. The highest BCUT2D eigenvalue weighted by molar-refractivity contribution is 7.99. The summed E-state index contributed by atoms with van der Waals surface area (Å²) in [6, 6.07) is 15.3. The highest BCUT2D eigenvalue weighted by atomic mass is 32.2. The number of rotatable bonds is 2. The maximum Gasteiger partial charge on any atom is 0.416 e. The van der Waals surface area contributed by atoms with Crippen LogP contribution in [-0.4, -0.2) is 0 Å². The predicted octanol–water partition coefficient (Wildman–Crippen LogP) is 4.83. The zero-order chi connectivity index (χ0) is 15.7. The van der Waals surface area contributed by atoms with Gasteiger partial charge in [0.05, 0.1) is 10.5 Å². The van der Waals surface area contributed by atoms with Crippen molar-refractivity contribution in [2.45, 2.75) is 16.0 Å². The second-order valence-corrected chi connectivity index (χ2v) is 6.12. The molecule has 22 heavy (non-hydrogen) atoms. The molecule has 0 aliphatic heterocycles. The molecule has 5 heteroatoms. The molecule has 3 rings (SSSR count). The summed E-state index contributed by atoms with van der Waals surface area (Å²) < 4.78 is 39.7. The smallest absolute Gasteiger partial charge is 0.200 e. The van der Waals surface area contributed by atoms with Crippen molar-refractivity contribution in [3.8, 4) is 0 Å². The Morgan fingerprint density at radius 2 is 1.59 bits per heavy atom. The fraction of sp³-hybridized carbons (Fsp3) is 0.118. The minimum Gasteiger partial charge on any atom is -0.200 e. The van der Waals surface area contributed by atoms with Crippen molar-refractivity contribution in [3.05, 3.63) is 66.4 Å². The van der Waals surface area contributed by atoms with Crippen LogP contribution in [0.1, 0.15) is 5.56 Å². The number of para-hydroxylation sites is 1. The molecule has 0 radical (unpaired) electrons. The van der Waals surface area contributed by atoms with Crippen LogP contribution < -0.4 is 4.57 Å². The van der Waals surface area contributed by atoms with Gasteiger partial charge in [-0.25, -0.2) is 0 Å². The van der Waals surface area contributed by atoms with E-state index in [0.29, 0.717) is 0 Å². The van der Waals surface area contributed by atoms with Gasteiger partial charge in [-0.3, -0.25) is 0 Å². The number of aryl methyl sites for hydroxylation is 1. The molecule has 3 aromatic rings. The zero-order valence-electron chi connectivity index (χ0n) is 11.8. The van der Waals surface area contributed by atoms with Crippen LogP contribution in [0.4, 0.5) is 13.2 Å². The maximum absolute atomic E-state index is 12.6. The van der Waals surface area contributed by atoms with Gasteiger partial charge in [-0.15, -0.1) is 0 Å². The highest BCUT2D eigenvalue weighted by Gasteiger charge is 2.29. The van der Waals surface area contributed by atoms with Gasteiger partial charge in [-0.05, 0) is 36.4 Å². The zero-order valence-corrected chi connectivity index (χ0v) is 12.6. The highest BCUT2D eigenvalue weighted by Crippen LogP contribution is 2.33. The maximum atomic E-state index is 12.6.